The molecule has 0 atom stereocenters. The highest BCUT2D eigenvalue weighted by atomic mass is 32.2. The van der Waals surface area contributed by atoms with E-state index in [0.717, 1.165) is 18.2 Å². The van der Waals surface area contributed by atoms with Crippen molar-refractivity contribution < 1.29 is 12.8 Å². The Morgan fingerprint density at radius 1 is 1.50 bits per heavy atom. The molecule has 0 spiro atoms. The first kappa shape index (κ1) is 10.7. The fourth-order valence-electron chi connectivity index (χ4n) is 0.950. The first-order valence-electron chi connectivity index (χ1n) is 3.93. The maximum Gasteiger partial charge on any atom is 0.178 e. The van der Waals surface area contributed by atoms with Gasteiger partial charge in [-0.1, -0.05) is 6.92 Å². The highest BCUT2D eigenvalue weighted by molar-refractivity contribution is 7.91. The molecule has 14 heavy (non-hydrogen) atoms. The van der Waals surface area contributed by atoms with Crippen molar-refractivity contribution in [2.24, 2.45) is 0 Å². The minimum absolute atomic E-state index is 0.0158. The van der Waals surface area contributed by atoms with Gasteiger partial charge in [0.2, 0.25) is 0 Å². The molecule has 5 heteroatoms. The predicted molar refractivity (Wildman–Crippen MR) is 48.8 cm³/mol. The molecule has 0 N–H and O–H groups in total. The van der Waals surface area contributed by atoms with E-state index < -0.39 is 15.7 Å². The molecule has 1 rings (SSSR count). The van der Waals surface area contributed by atoms with Crippen LogP contribution in [0.3, 0.4) is 0 Å². The zero-order chi connectivity index (χ0) is 10.8. The minimum Gasteiger partial charge on any atom is -0.224 e. The standard InChI is InChI=1S/C9H8FNO2S/c1-2-14(12,13)8-3-4-9(10)7(5-8)6-11/h3-5H,2H2,1H3. The summed E-state index contributed by atoms with van der Waals surface area (Å²) in [6.45, 7) is 1.49. The van der Waals surface area contributed by atoms with Gasteiger partial charge in [-0.15, -0.1) is 0 Å². The summed E-state index contributed by atoms with van der Waals surface area (Å²) >= 11 is 0. The number of sulfone groups is 1. The predicted octanol–water partition coefficient (Wildman–Crippen LogP) is 1.49. The number of hydrogen-bond acceptors (Lipinski definition) is 3. The number of rotatable bonds is 2. The van der Waals surface area contributed by atoms with E-state index in [1.807, 2.05) is 0 Å². The molecule has 0 aliphatic rings. The molecule has 0 saturated heterocycles. The molecule has 0 saturated carbocycles. The van der Waals surface area contributed by atoms with Crippen molar-refractivity contribution in [1.82, 2.24) is 0 Å². The monoisotopic (exact) mass is 213 g/mol. The van der Waals surface area contributed by atoms with Crippen LogP contribution in [-0.4, -0.2) is 14.2 Å². The van der Waals surface area contributed by atoms with E-state index in [2.05, 4.69) is 0 Å². The second kappa shape index (κ2) is 3.76. The van der Waals surface area contributed by atoms with Gasteiger partial charge in [0.25, 0.3) is 0 Å². The normalized spacial score (nSPS) is 10.9. The summed E-state index contributed by atoms with van der Waals surface area (Å²) in [5, 5.41) is 8.50. The van der Waals surface area contributed by atoms with Crippen LogP contribution in [0.2, 0.25) is 0 Å². The topological polar surface area (TPSA) is 57.9 Å². The summed E-state index contributed by atoms with van der Waals surface area (Å²) in [5.41, 5.74) is -0.250. The Kier molecular flexibility index (Phi) is 2.87. The van der Waals surface area contributed by atoms with E-state index in [1.165, 1.54) is 6.92 Å². The average molecular weight is 213 g/mol. The smallest absolute Gasteiger partial charge is 0.178 e. The van der Waals surface area contributed by atoms with Crippen LogP contribution in [0.5, 0.6) is 0 Å². The molecule has 0 amide bonds. The quantitative estimate of drug-likeness (QED) is 0.699. The molecule has 0 aliphatic heterocycles. The Hall–Kier alpha value is -1.41. The molecule has 0 aliphatic carbocycles. The van der Waals surface area contributed by atoms with Gasteiger partial charge in [-0.3, -0.25) is 0 Å². The summed E-state index contributed by atoms with van der Waals surface area (Å²) in [5.74, 6) is -0.772. The van der Waals surface area contributed by atoms with Gasteiger partial charge in [0.05, 0.1) is 16.2 Å². The number of hydrogen-bond donors (Lipinski definition) is 0. The van der Waals surface area contributed by atoms with Crippen molar-refractivity contribution in [1.29, 1.82) is 5.26 Å². The molecular weight excluding hydrogens is 205 g/mol. The lowest BCUT2D eigenvalue weighted by Crippen LogP contribution is -2.04. The van der Waals surface area contributed by atoms with Gasteiger partial charge in [0.1, 0.15) is 11.9 Å². The summed E-state index contributed by atoms with van der Waals surface area (Å²) in [6.07, 6.45) is 0. The summed E-state index contributed by atoms with van der Waals surface area (Å²) < 4.78 is 35.5. The van der Waals surface area contributed by atoms with E-state index in [0.29, 0.717) is 0 Å². The van der Waals surface area contributed by atoms with Crippen molar-refractivity contribution >= 4 is 9.84 Å². The van der Waals surface area contributed by atoms with Crippen LogP contribution in [0, 0.1) is 17.1 Å². The molecule has 0 heterocycles. The Bertz CT molecular complexity index is 488. The van der Waals surface area contributed by atoms with E-state index in [4.69, 9.17) is 5.26 Å². The van der Waals surface area contributed by atoms with Crippen molar-refractivity contribution in [3.63, 3.8) is 0 Å². The zero-order valence-electron chi connectivity index (χ0n) is 7.49. The minimum atomic E-state index is -3.37. The van der Waals surface area contributed by atoms with Crippen LogP contribution in [0.4, 0.5) is 4.39 Å². The first-order chi connectivity index (χ1) is 6.51. The summed E-state index contributed by atoms with van der Waals surface area (Å²) in [7, 11) is -3.37. The van der Waals surface area contributed by atoms with Crippen LogP contribution in [0.1, 0.15) is 12.5 Å². The lowest BCUT2D eigenvalue weighted by Gasteiger charge is -2.01. The number of nitriles is 1. The maximum atomic E-state index is 12.8. The lowest BCUT2D eigenvalue weighted by molar-refractivity contribution is 0.595. The SMILES string of the molecule is CCS(=O)(=O)c1ccc(F)c(C#N)c1. The fourth-order valence-corrected chi connectivity index (χ4v) is 1.86. The molecule has 1 aromatic rings. The molecular formula is C9H8FNO2S. The van der Waals surface area contributed by atoms with Gasteiger partial charge in [-0.2, -0.15) is 5.26 Å². The van der Waals surface area contributed by atoms with Crippen LogP contribution in [0.25, 0.3) is 0 Å². The van der Waals surface area contributed by atoms with Gasteiger partial charge < -0.3 is 0 Å². The molecule has 0 fully saturated rings. The van der Waals surface area contributed by atoms with Gasteiger partial charge in [0, 0.05) is 0 Å². The highest BCUT2D eigenvalue weighted by Crippen LogP contribution is 2.15. The van der Waals surface area contributed by atoms with Gasteiger partial charge >= 0.3 is 0 Å². The number of halogens is 1. The van der Waals surface area contributed by atoms with E-state index in [-0.39, 0.29) is 16.2 Å². The Labute approximate surface area is 81.7 Å². The second-order valence-electron chi connectivity index (χ2n) is 2.66. The summed E-state index contributed by atoms with van der Waals surface area (Å²) in [6, 6.07) is 4.79. The first-order valence-corrected chi connectivity index (χ1v) is 5.59. The van der Waals surface area contributed by atoms with Crippen LogP contribution in [0.15, 0.2) is 23.1 Å². The van der Waals surface area contributed by atoms with Crippen LogP contribution in [-0.2, 0) is 9.84 Å². The van der Waals surface area contributed by atoms with Gasteiger partial charge in [0.15, 0.2) is 9.84 Å². The molecule has 0 unspecified atom stereocenters. The third kappa shape index (κ3) is 1.91. The van der Waals surface area contributed by atoms with E-state index >= 15 is 0 Å². The zero-order valence-corrected chi connectivity index (χ0v) is 8.31. The highest BCUT2D eigenvalue weighted by Gasteiger charge is 2.13. The molecule has 0 bridgehead atoms. The number of nitrogens with zero attached hydrogens (tertiary/aromatic N) is 1. The molecule has 3 nitrogen and oxygen atoms in total. The average Bonchev–Trinajstić information content (AvgIpc) is 2.18. The molecule has 0 aromatic heterocycles. The molecule has 1 aromatic carbocycles. The second-order valence-corrected chi connectivity index (χ2v) is 4.94. The van der Waals surface area contributed by atoms with Crippen molar-refractivity contribution in [3.8, 4) is 6.07 Å². The van der Waals surface area contributed by atoms with Crippen LogP contribution < -0.4 is 0 Å². The Morgan fingerprint density at radius 2 is 2.14 bits per heavy atom. The summed E-state index contributed by atoms with van der Waals surface area (Å²) in [4.78, 5) is -0.0158. The molecule has 74 valence electrons. The van der Waals surface area contributed by atoms with Crippen molar-refractivity contribution in [3.05, 3.63) is 29.6 Å². The Balaban J connectivity index is 3.36. The third-order valence-electron chi connectivity index (χ3n) is 1.80. The van der Waals surface area contributed by atoms with Gasteiger partial charge in [-0.05, 0) is 18.2 Å². The number of benzene rings is 1. The molecule has 0 radical (unpaired) electrons. The Morgan fingerprint density at radius 3 is 2.64 bits per heavy atom. The third-order valence-corrected chi connectivity index (χ3v) is 3.53. The van der Waals surface area contributed by atoms with Gasteiger partial charge in [-0.25, -0.2) is 12.8 Å². The van der Waals surface area contributed by atoms with Crippen molar-refractivity contribution in [2.75, 3.05) is 5.75 Å². The largest absolute Gasteiger partial charge is 0.224 e. The maximum absolute atomic E-state index is 12.8. The van der Waals surface area contributed by atoms with E-state index in [1.54, 1.807) is 6.07 Å². The fraction of sp³-hybridized carbons (Fsp3) is 0.222. The van der Waals surface area contributed by atoms with E-state index in [9.17, 15) is 12.8 Å². The lowest BCUT2D eigenvalue weighted by atomic mass is 10.2. The van der Waals surface area contributed by atoms with Crippen molar-refractivity contribution in [2.45, 2.75) is 11.8 Å². The van der Waals surface area contributed by atoms with Crippen LogP contribution >= 0.6 is 0 Å².